The standard InChI is InChI=1S/C30H22O4/c1-33-29(31)21-15-11-19(12-16-21)27-23-7-3-5-9-25(23)28(26-10-6-4-8-24(26)27)20-13-17-22(18-14-20)30(32)34-2/h3-18H,1-2H3. The number of methoxy groups -OCH3 is 2. The summed E-state index contributed by atoms with van der Waals surface area (Å²) < 4.78 is 9.70. The Hall–Kier alpha value is -4.44. The maximum Gasteiger partial charge on any atom is 0.337 e. The van der Waals surface area contributed by atoms with Crippen molar-refractivity contribution < 1.29 is 19.1 Å². The van der Waals surface area contributed by atoms with Gasteiger partial charge in [-0.05, 0) is 68.1 Å². The molecule has 0 aromatic heterocycles. The Bertz CT molecular complexity index is 1360. The maximum atomic E-state index is 11.9. The molecule has 0 amide bonds. The van der Waals surface area contributed by atoms with E-state index in [1.54, 1.807) is 24.3 Å². The second-order valence-electron chi connectivity index (χ2n) is 7.98. The molecule has 4 nitrogen and oxygen atoms in total. The highest BCUT2D eigenvalue weighted by molar-refractivity contribution is 6.21. The molecule has 0 N–H and O–H groups in total. The second-order valence-corrected chi connectivity index (χ2v) is 7.98. The predicted octanol–water partition coefficient (Wildman–Crippen LogP) is 6.90. The number of rotatable bonds is 4. The highest BCUT2D eigenvalue weighted by Gasteiger charge is 2.17. The molecule has 166 valence electrons. The first kappa shape index (κ1) is 21.4. The van der Waals surface area contributed by atoms with E-state index in [0.29, 0.717) is 11.1 Å². The van der Waals surface area contributed by atoms with Gasteiger partial charge in [0.05, 0.1) is 25.3 Å². The lowest BCUT2D eigenvalue weighted by molar-refractivity contribution is 0.0592. The Labute approximate surface area is 197 Å². The molecule has 5 rings (SSSR count). The number of ether oxygens (including phenoxy) is 2. The highest BCUT2D eigenvalue weighted by Crippen LogP contribution is 2.43. The molecule has 4 heteroatoms. The van der Waals surface area contributed by atoms with E-state index >= 15 is 0 Å². The van der Waals surface area contributed by atoms with Gasteiger partial charge in [0.2, 0.25) is 0 Å². The van der Waals surface area contributed by atoms with E-state index in [1.165, 1.54) is 14.2 Å². The van der Waals surface area contributed by atoms with Crippen molar-refractivity contribution in [2.24, 2.45) is 0 Å². The second kappa shape index (κ2) is 8.83. The van der Waals surface area contributed by atoms with Crippen LogP contribution >= 0.6 is 0 Å². The van der Waals surface area contributed by atoms with Gasteiger partial charge < -0.3 is 9.47 Å². The Morgan fingerprint density at radius 2 is 0.765 bits per heavy atom. The monoisotopic (exact) mass is 446 g/mol. The normalized spacial score (nSPS) is 10.9. The maximum absolute atomic E-state index is 11.9. The summed E-state index contributed by atoms with van der Waals surface area (Å²) >= 11 is 0. The van der Waals surface area contributed by atoms with Crippen LogP contribution in [0.2, 0.25) is 0 Å². The summed E-state index contributed by atoms with van der Waals surface area (Å²) in [6, 6.07) is 31.7. The Morgan fingerprint density at radius 3 is 1.03 bits per heavy atom. The number of hydrogen-bond acceptors (Lipinski definition) is 4. The van der Waals surface area contributed by atoms with Crippen molar-refractivity contribution in [2.45, 2.75) is 0 Å². The molecular weight excluding hydrogens is 424 g/mol. The minimum Gasteiger partial charge on any atom is -0.465 e. The van der Waals surface area contributed by atoms with E-state index in [4.69, 9.17) is 9.47 Å². The average Bonchev–Trinajstić information content (AvgIpc) is 2.91. The molecule has 0 atom stereocenters. The first-order chi connectivity index (χ1) is 16.6. The quantitative estimate of drug-likeness (QED) is 0.223. The SMILES string of the molecule is COC(=O)c1ccc(-c2c3ccccc3c(-c3ccc(C(=O)OC)cc3)c3ccccc23)cc1. The zero-order valence-corrected chi connectivity index (χ0v) is 18.9. The molecular formula is C30H22O4. The van der Waals surface area contributed by atoms with E-state index in [1.807, 2.05) is 48.5 Å². The minimum atomic E-state index is -0.355. The van der Waals surface area contributed by atoms with Gasteiger partial charge in [0.15, 0.2) is 0 Å². The Kier molecular flexibility index (Phi) is 5.56. The zero-order valence-electron chi connectivity index (χ0n) is 18.9. The van der Waals surface area contributed by atoms with Gasteiger partial charge in [-0.3, -0.25) is 0 Å². The van der Waals surface area contributed by atoms with Gasteiger partial charge in [-0.15, -0.1) is 0 Å². The van der Waals surface area contributed by atoms with Gasteiger partial charge in [0.25, 0.3) is 0 Å². The molecule has 5 aromatic rings. The van der Waals surface area contributed by atoms with E-state index in [2.05, 4.69) is 24.3 Å². The summed E-state index contributed by atoms with van der Waals surface area (Å²) in [7, 11) is 2.77. The summed E-state index contributed by atoms with van der Waals surface area (Å²) in [6.45, 7) is 0. The van der Waals surface area contributed by atoms with E-state index < -0.39 is 0 Å². The Morgan fingerprint density at radius 1 is 0.471 bits per heavy atom. The molecule has 0 bridgehead atoms. The number of fused-ring (bicyclic) bond motifs is 2. The van der Waals surface area contributed by atoms with Crippen LogP contribution < -0.4 is 0 Å². The molecule has 0 fully saturated rings. The van der Waals surface area contributed by atoms with E-state index in [9.17, 15) is 9.59 Å². The van der Waals surface area contributed by atoms with Crippen LogP contribution in [0.25, 0.3) is 43.8 Å². The Balaban J connectivity index is 1.79. The topological polar surface area (TPSA) is 52.6 Å². The molecule has 0 aliphatic carbocycles. The van der Waals surface area contributed by atoms with Gasteiger partial charge in [-0.1, -0.05) is 72.8 Å². The van der Waals surface area contributed by atoms with Crippen LogP contribution in [0.4, 0.5) is 0 Å². The number of hydrogen-bond donors (Lipinski definition) is 0. The number of carbonyl (C=O) groups excluding carboxylic acids is 2. The van der Waals surface area contributed by atoms with E-state index in [0.717, 1.165) is 43.8 Å². The first-order valence-corrected chi connectivity index (χ1v) is 10.9. The zero-order chi connectivity index (χ0) is 23.7. The van der Waals surface area contributed by atoms with Crippen molar-refractivity contribution in [3.63, 3.8) is 0 Å². The largest absolute Gasteiger partial charge is 0.465 e. The van der Waals surface area contributed by atoms with Gasteiger partial charge >= 0.3 is 11.9 Å². The van der Waals surface area contributed by atoms with Crippen molar-refractivity contribution in [1.29, 1.82) is 0 Å². The van der Waals surface area contributed by atoms with Crippen molar-refractivity contribution in [3.8, 4) is 22.3 Å². The van der Waals surface area contributed by atoms with Crippen molar-refractivity contribution in [2.75, 3.05) is 14.2 Å². The van der Waals surface area contributed by atoms with Crippen LogP contribution in [0.1, 0.15) is 20.7 Å². The third-order valence-electron chi connectivity index (χ3n) is 6.12. The highest BCUT2D eigenvalue weighted by atomic mass is 16.5. The average molecular weight is 447 g/mol. The molecule has 0 radical (unpaired) electrons. The molecule has 0 aliphatic heterocycles. The van der Waals surface area contributed by atoms with E-state index in [-0.39, 0.29) is 11.9 Å². The lowest BCUT2D eigenvalue weighted by Crippen LogP contribution is -2.00. The molecule has 34 heavy (non-hydrogen) atoms. The van der Waals surface area contributed by atoms with Crippen LogP contribution in [0.5, 0.6) is 0 Å². The molecule has 0 aliphatic rings. The lowest BCUT2D eigenvalue weighted by Gasteiger charge is -2.18. The van der Waals surface area contributed by atoms with Crippen LogP contribution in [-0.4, -0.2) is 26.2 Å². The summed E-state index contributed by atoms with van der Waals surface area (Å²) in [5, 5.41) is 4.44. The van der Waals surface area contributed by atoms with Crippen LogP contribution in [0.3, 0.4) is 0 Å². The molecule has 0 unspecified atom stereocenters. The molecule has 0 heterocycles. The third kappa shape index (κ3) is 3.59. The first-order valence-electron chi connectivity index (χ1n) is 10.9. The van der Waals surface area contributed by atoms with Gasteiger partial charge in [0, 0.05) is 0 Å². The number of benzene rings is 5. The van der Waals surface area contributed by atoms with Gasteiger partial charge in [0.1, 0.15) is 0 Å². The summed E-state index contributed by atoms with van der Waals surface area (Å²) in [5.41, 5.74) is 5.29. The van der Waals surface area contributed by atoms with Gasteiger partial charge in [-0.25, -0.2) is 9.59 Å². The summed E-state index contributed by atoms with van der Waals surface area (Å²) in [4.78, 5) is 23.8. The third-order valence-corrected chi connectivity index (χ3v) is 6.12. The predicted molar refractivity (Wildman–Crippen MR) is 135 cm³/mol. The van der Waals surface area contributed by atoms with Crippen molar-refractivity contribution in [3.05, 3.63) is 108 Å². The van der Waals surface area contributed by atoms with Crippen molar-refractivity contribution in [1.82, 2.24) is 0 Å². The molecule has 0 spiro atoms. The van der Waals surface area contributed by atoms with Crippen LogP contribution in [-0.2, 0) is 9.47 Å². The number of esters is 2. The van der Waals surface area contributed by atoms with Crippen molar-refractivity contribution >= 4 is 33.5 Å². The smallest absolute Gasteiger partial charge is 0.337 e. The fourth-order valence-electron chi connectivity index (χ4n) is 4.53. The number of carbonyl (C=O) groups is 2. The van der Waals surface area contributed by atoms with Crippen LogP contribution in [0, 0.1) is 0 Å². The molecule has 0 saturated carbocycles. The van der Waals surface area contributed by atoms with Gasteiger partial charge in [-0.2, -0.15) is 0 Å². The minimum absolute atomic E-state index is 0.355. The lowest BCUT2D eigenvalue weighted by atomic mass is 9.86. The summed E-state index contributed by atoms with van der Waals surface area (Å²) in [6.07, 6.45) is 0. The fraction of sp³-hybridized carbons (Fsp3) is 0.0667. The molecule has 0 saturated heterocycles. The van der Waals surface area contributed by atoms with Crippen LogP contribution in [0.15, 0.2) is 97.1 Å². The molecule has 5 aromatic carbocycles. The summed E-state index contributed by atoms with van der Waals surface area (Å²) in [5.74, 6) is -0.709. The fourth-order valence-corrected chi connectivity index (χ4v) is 4.53.